The molecule has 4 aromatic rings. The minimum Gasteiger partial charge on any atom is -0.450 e. The molecule has 31 heavy (non-hydrogen) atoms. The smallest absolute Gasteiger partial charge is 0.264 e. The van der Waals surface area contributed by atoms with Gasteiger partial charge in [-0.2, -0.15) is 0 Å². The molecule has 1 fully saturated rings. The summed E-state index contributed by atoms with van der Waals surface area (Å²) in [6.45, 7) is 2.11. The van der Waals surface area contributed by atoms with Crippen molar-refractivity contribution in [1.82, 2.24) is 15.3 Å². The third-order valence-electron chi connectivity index (χ3n) is 4.67. The van der Waals surface area contributed by atoms with E-state index in [4.69, 9.17) is 4.42 Å². The molecule has 6 nitrogen and oxygen atoms in total. The van der Waals surface area contributed by atoms with E-state index in [0.29, 0.717) is 20.9 Å². The fraction of sp³-hybridized carbons (Fsp3) is 0.0870. The van der Waals surface area contributed by atoms with E-state index in [2.05, 4.69) is 27.2 Å². The SMILES string of the molecule is CCc1ccc(N=C2NC(=O)C(=Cc3ccc(Sc4nc5ccccc5[nH]4)o3)S2)cc1. The lowest BCUT2D eigenvalue weighted by Crippen LogP contribution is -2.19. The molecule has 2 aromatic carbocycles. The van der Waals surface area contributed by atoms with E-state index in [-0.39, 0.29) is 5.91 Å². The molecule has 1 aliphatic rings. The first kappa shape index (κ1) is 19.7. The van der Waals surface area contributed by atoms with Crippen molar-refractivity contribution in [2.75, 3.05) is 0 Å². The van der Waals surface area contributed by atoms with Gasteiger partial charge in [-0.3, -0.25) is 4.79 Å². The maximum absolute atomic E-state index is 12.3. The van der Waals surface area contributed by atoms with Crippen LogP contribution in [0.25, 0.3) is 17.1 Å². The molecule has 1 saturated heterocycles. The first-order valence-corrected chi connectivity index (χ1v) is 11.4. The Kier molecular flexibility index (Phi) is 5.40. The van der Waals surface area contributed by atoms with Gasteiger partial charge in [0.05, 0.1) is 21.6 Å². The van der Waals surface area contributed by atoms with Gasteiger partial charge in [-0.1, -0.05) is 31.2 Å². The third kappa shape index (κ3) is 4.45. The summed E-state index contributed by atoms with van der Waals surface area (Å²) >= 11 is 2.70. The summed E-state index contributed by atoms with van der Waals surface area (Å²) in [5.74, 6) is 0.418. The Morgan fingerprint density at radius 3 is 2.77 bits per heavy atom. The Bertz CT molecular complexity index is 1290. The van der Waals surface area contributed by atoms with Crippen molar-refractivity contribution in [3.8, 4) is 0 Å². The normalized spacial score (nSPS) is 16.5. The van der Waals surface area contributed by atoms with E-state index in [1.165, 1.54) is 29.1 Å². The lowest BCUT2D eigenvalue weighted by Gasteiger charge is -1.98. The quantitative estimate of drug-likeness (QED) is 0.381. The van der Waals surface area contributed by atoms with Crippen molar-refractivity contribution in [2.24, 2.45) is 4.99 Å². The van der Waals surface area contributed by atoms with E-state index in [1.807, 2.05) is 60.7 Å². The number of hydrogen-bond acceptors (Lipinski definition) is 6. The number of nitrogens with one attached hydrogen (secondary N) is 2. The molecule has 0 aliphatic carbocycles. The van der Waals surface area contributed by atoms with Gasteiger partial charge in [-0.25, -0.2) is 9.98 Å². The second kappa shape index (κ2) is 8.49. The predicted octanol–water partition coefficient (Wildman–Crippen LogP) is 5.76. The van der Waals surface area contributed by atoms with E-state index >= 15 is 0 Å². The van der Waals surface area contributed by atoms with Gasteiger partial charge in [0, 0.05) is 6.08 Å². The summed E-state index contributed by atoms with van der Waals surface area (Å²) in [6.07, 6.45) is 2.71. The van der Waals surface area contributed by atoms with E-state index in [1.54, 1.807) is 6.08 Å². The number of carbonyl (C=O) groups excluding carboxylic acids is 1. The largest absolute Gasteiger partial charge is 0.450 e. The Hall–Kier alpha value is -3.23. The molecule has 1 amide bonds. The van der Waals surface area contributed by atoms with Gasteiger partial charge in [0.2, 0.25) is 0 Å². The van der Waals surface area contributed by atoms with Crippen LogP contribution in [0.15, 0.2) is 85.2 Å². The van der Waals surface area contributed by atoms with Gasteiger partial charge in [0.25, 0.3) is 5.91 Å². The van der Waals surface area contributed by atoms with Crippen molar-refractivity contribution in [1.29, 1.82) is 0 Å². The van der Waals surface area contributed by atoms with Gasteiger partial charge in [-0.05, 0) is 71.9 Å². The average molecular weight is 447 g/mol. The number of aliphatic imine (C=N–C) groups is 1. The molecular formula is C23H18N4O2S2. The molecule has 154 valence electrons. The predicted molar refractivity (Wildman–Crippen MR) is 126 cm³/mol. The summed E-state index contributed by atoms with van der Waals surface area (Å²) in [6, 6.07) is 19.6. The summed E-state index contributed by atoms with van der Waals surface area (Å²) in [7, 11) is 0. The molecule has 0 unspecified atom stereocenters. The molecule has 8 heteroatoms. The number of nitrogens with zero attached hydrogens (tertiary/aromatic N) is 2. The van der Waals surface area contributed by atoms with Crippen LogP contribution in [-0.4, -0.2) is 21.0 Å². The number of H-pyrrole nitrogens is 1. The topological polar surface area (TPSA) is 83.3 Å². The van der Waals surface area contributed by atoms with Gasteiger partial charge in [-0.15, -0.1) is 0 Å². The van der Waals surface area contributed by atoms with Crippen LogP contribution in [0.3, 0.4) is 0 Å². The second-order valence-electron chi connectivity index (χ2n) is 6.82. The van der Waals surface area contributed by atoms with Gasteiger partial charge < -0.3 is 14.7 Å². The highest BCUT2D eigenvalue weighted by Gasteiger charge is 2.24. The number of rotatable bonds is 5. The first-order chi connectivity index (χ1) is 15.2. The zero-order valence-electron chi connectivity index (χ0n) is 16.6. The molecule has 3 heterocycles. The first-order valence-electron chi connectivity index (χ1n) is 9.77. The molecule has 1 aliphatic heterocycles. The highest BCUT2D eigenvalue weighted by Crippen LogP contribution is 2.32. The van der Waals surface area contributed by atoms with Crippen molar-refractivity contribution in [3.05, 3.63) is 76.9 Å². The summed E-state index contributed by atoms with van der Waals surface area (Å²) < 4.78 is 5.87. The third-order valence-corrected chi connectivity index (χ3v) is 6.38. The Morgan fingerprint density at radius 1 is 1.13 bits per heavy atom. The number of fused-ring (bicyclic) bond motifs is 1. The van der Waals surface area contributed by atoms with Crippen LogP contribution >= 0.6 is 23.5 Å². The van der Waals surface area contributed by atoms with Crippen LogP contribution in [0.1, 0.15) is 18.2 Å². The van der Waals surface area contributed by atoms with E-state index in [9.17, 15) is 4.79 Å². The van der Waals surface area contributed by atoms with Crippen LogP contribution in [0.4, 0.5) is 5.69 Å². The lowest BCUT2D eigenvalue weighted by molar-refractivity contribution is -0.115. The van der Waals surface area contributed by atoms with Gasteiger partial charge in [0.15, 0.2) is 15.4 Å². The average Bonchev–Trinajstić information content (AvgIpc) is 3.48. The highest BCUT2D eigenvalue weighted by atomic mass is 32.2. The number of carbonyl (C=O) groups is 1. The molecule has 0 atom stereocenters. The fourth-order valence-corrected chi connectivity index (χ4v) is 4.66. The van der Waals surface area contributed by atoms with Crippen molar-refractivity contribution < 1.29 is 9.21 Å². The minimum absolute atomic E-state index is 0.184. The summed E-state index contributed by atoms with van der Waals surface area (Å²) in [5.41, 5.74) is 3.95. The van der Waals surface area contributed by atoms with Crippen molar-refractivity contribution in [2.45, 2.75) is 23.6 Å². The van der Waals surface area contributed by atoms with Crippen LogP contribution in [-0.2, 0) is 11.2 Å². The molecule has 2 aromatic heterocycles. The molecule has 5 rings (SSSR count). The number of furan rings is 1. The maximum Gasteiger partial charge on any atom is 0.264 e. The fourth-order valence-electron chi connectivity index (χ4n) is 3.07. The van der Waals surface area contributed by atoms with Crippen LogP contribution in [0.2, 0.25) is 0 Å². The summed E-state index contributed by atoms with van der Waals surface area (Å²) in [4.78, 5) is 25.2. The number of benzene rings is 2. The number of amides is 1. The second-order valence-corrected chi connectivity index (χ2v) is 8.84. The number of aromatic nitrogens is 2. The number of aryl methyl sites for hydroxylation is 1. The molecular weight excluding hydrogens is 428 g/mol. The zero-order chi connectivity index (χ0) is 21.2. The number of imidazole rings is 1. The summed E-state index contributed by atoms with van der Waals surface area (Å²) in [5, 5.41) is 4.82. The standard InChI is InChI=1S/C23H18N4O2S2/c1-2-14-7-9-15(10-8-14)24-22-27-21(28)19(30-22)13-16-11-12-20(29-16)31-23-25-17-5-3-4-6-18(17)26-23/h3-13H,2H2,1H3,(H,25,26)(H,24,27,28). The maximum atomic E-state index is 12.3. The molecule has 0 bridgehead atoms. The van der Waals surface area contributed by atoms with E-state index in [0.717, 1.165) is 28.3 Å². The number of hydrogen-bond donors (Lipinski definition) is 2. The number of amidine groups is 1. The molecule has 2 N–H and O–H groups in total. The Balaban J connectivity index is 1.29. The van der Waals surface area contributed by atoms with Crippen LogP contribution in [0.5, 0.6) is 0 Å². The lowest BCUT2D eigenvalue weighted by atomic mass is 10.2. The van der Waals surface area contributed by atoms with Gasteiger partial charge >= 0.3 is 0 Å². The minimum atomic E-state index is -0.184. The van der Waals surface area contributed by atoms with Crippen LogP contribution < -0.4 is 5.32 Å². The Labute approximate surface area is 187 Å². The molecule has 0 radical (unpaired) electrons. The number of aromatic amines is 1. The van der Waals surface area contributed by atoms with E-state index < -0.39 is 0 Å². The highest BCUT2D eigenvalue weighted by molar-refractivity contribution is 8.18. The zero-order valence-corrected chi connectivity index (χ0v) is 18.2. The number of para-hydroxylation sites is 2. The monoisotopic (exact) mass is 446 g/mol. The van der Waals surface area contributed by atoms with Crippen molar-refractivity contribution in [3.63, 3.8) is 0 Å². The number of thioether (sulfide) groups is 1. The van der Waals surface area contributed by atoms with Crippen LogP contribution in [0, 0.1) is 0 Å². The molecule has 0 spiro atoms. The van der Waals surface area contributed by atoms with Gasteiger partial charge in [0.1, 0.15) is 5.76 Å². The Morgan fingerprint density at radius 2 is 1.97 bits per heavy atom. The molecule has 0 saturated carbocycles. The van der Waals surface area contributed by atoms with Crippen molar-refractivity contribution >= 4 is 57.4 Å².